The van der Waals surface area contributed by atoms with E-state index in [0.717, 1.165) is 0 Å². The molecule has 68 valence electrons. The molecule has 0 aliphatic rings. The Labute approximate surface area is 72.7 Å². The molecule has 2 N–H and O–H groups in total. The fourth-order valence-corrected chi connectivity index (χ4v) is 0.755. The molecule has 0 heterocycles. The molecule has 3 nitrogen and oxygen atoms in total. The monoisotopic (exact) mass is 179 g/mol. The first kappa shape index (κ1) is 13.2. The number of thioether (sulfide) groups is 1. The molecule has 0 saturated carbocycles. The lowest BCUT2D eigenvalue weighted by Crippen LogP contribution is -2.11. The lowest BCUT2D eigenvalue weighted by atomic mass is 10.9. The number of hydrogen-bond donors (Lipinski definition) is 1. The number of ether oxygens (including phenoxy) is 1. The predicted molar refractivity (Wildman–Crippen MR) is 49.9 cm³/mol. The van der Waals surface area contributed by atoms with Crippen LogP contribution in [0.5, 0.6) is 0 Å². The van der Waals surface area contributed by atoms with Gasteiger partial charge in [0.15, 0.2) is 0 Å². The summed E-state index contributed by atoms with van der Waals surface area (Å²) in [6, 6.07) is 0. The second kappa shape index (κ2) is 12.3. The molecule has 0 saturated heterocycles. The van der Waals surface area contributed by atoms with Crippen molar-refractivity contribution in [2.24, 2.45) is 5.73 Å². The number of carbonyl (C=O) groups is 1. The molecule has 0 aliphatic carbocycles. The van der Waals surface area contributed by atoms with Gasteiger partial charge in [0, 0.05) is 0 Å². The minimum Gasteiger partial charge on any atom is -0.450 e. The maximum Gasteiger partial charge on any atom is 0.404 e. The van der Waals surface area contributed by atoms with E-state index in [-0.39, 0.29) is 0 Å². The van der Waals surface area contributed by atoms with Crippen LogP contribution in [0.3, 0.4) is 0 Å². The van der Waals surface area contributed by atoms with Gasteiger partial charge in [0.1, 0.15) is 0 Å². The van der Waals surface area contributed by atoms with Crippen molar-refractivity contribution in [3.05, 3.63) is 0 Å². The molecule has 0 aromatic rings. The number of primary amides is 1. The Balaban J connectivity index is 0. The van der Waals surface area contributed by atoms with Crippen LogP contribution < -0.4 is 5.73 Å². The predicted octanol–water partition coefficient (Wildman–Crippen LogP) is 1.86. The summed E-state index contributed by atoms with van der Waals surface area (Å²) >= 11 is 1.96. The van der Waals surface area contributed by atoms with Gasteiger partial charge < -0.3 is 10.5 Å². The Morgan fingerprint density at radius 1 is 1.36 bits per heavy atom. The highest BCUT2D eigenvalue weighted by Gasteiger charge is 1.82. The van der Waals surface area contributed by atoms with Gasteiger partial charge in [0.25, 0.3) is 0 Å². The van der Waals surface area contributed by atoms with E-state index in [1.54, 1.807) is 6.92 Å². The van der Waals surface area contributed by atoms with Gasteiger partial charge in [0.05, 0.1) is 6.61 Å². The number of amides is 1. The van der Waals surface area contributed by atoms with Gasteiger partial charge >= 0.3 is 6.09 Å². The van der Waals surface area contributed by atoms with Crippen LogP contribution in [0.2, 0.25) is 0 Å². The molecule has 0 atom stereocenters. The van der Waals surface area contributed by atoms with Gasteiger partial charge in [-0.15, -0.1) is 0 Å². The van der Waals surface area contributed by atoms with Crippen LogP contribution >= 0.6 is 11.8 Å². The third kappa shape index (κ3) is 26.2. The van der Waals surface area contributed by atoms with E-state index in [9.17, 15) is 4.79 Å². The van der Waals surface area contributed by atoms with Crippen molar-refractivity contribution in [2.45, 2.75) is 20.8 Å². The molecule has 0 radical (unpaired) electrons. The van der Waals surface area contributed by atoms with Crippen LogP contribution in [0.4, 0.5) is 4.79 Å². The van der Waals surface area contributed by atoms with E-state index < -0.39 is 6.09 Å². The molecule has 1 amide bonds. The lowest BCUT2D eigenvalue weighted by molar-refractivity contribution is 0.163. The maximum atomic E-state index is 9.60. The summed E-state index contributed by atoms with van der Waals surface area (Å²) in [4.78, 5) is 9.60. The summed E-state index contributed by atoms with van der Waals surface area (Å²) in [6.07, 6.45) is -0.711. The van der Waals surface area contributed by atoms with Crippen molar-refractivity contribution in [3.8, 4) is 0 Å². The Kier molecular flexibility index (Phi) is 14.8. The molecular weight excluding hydrogens is 162 g/mol. The molecule has 0 aromatic heterocycles. The van der Waals surface area contributed by atoms with Crippen LogP contribution in [0, 0.1) is 0 Å². The Morgan fingerprint density at radius 2 is 1.82 bits per heavy atom. The maximum absolute atomic E-state index is 9.60. The molecule has 0 spiro atoms. The summed E-state index contributed by atoms with van der Waals surface area (Å²) < 4.78 is 4.18. The number of hydrogen-bond acceptors (Lipinski definition) is 3. The van der Waals surface area contributed by atoms with Crippen LogP contribution in [0.1, 0.15) is 20.8 Å². The second-order valence-electron chi connectivity index (χ2n) is 1.53. The summed E-state index contributed by atoms with van der Waals surface area (Å²) in [7, 11) is 0. The van der Waals surface area contributed by atoms with Gasteiger partial charge in [0.2, 0.25) is 0 Å². The number of carbonyl (C=O) groups excluding carboxylic acids is 1. The van der Waals surface area contributed by atoms with Crippen LogP contribution in [-0.4, -0.2) is 24.2 Å². The van der Waals surface area contributed by atoms with Gasteiger partial charge in [-0.25, -0.2) is 4.79 Å². The van der Waals surface area contributed by atoms with E-state index >= 15 is 0 Å². The summed E-state index contributed by atoms with van der Waals surface area (Å²) in [6.45, 7) is 6.41. The summed E-state index contributed by atoms with van der Waals surface area (Å²) in [5, 5.41) is 0. The Hall–Kier alpha value is -0.380. The minimum absolute atomic E-state index is 0.356. The molecule has 11 heavy (non-hydrogen) atoms. The van der Waals surface area contributed by atoms with Gasteiger partial charge in [-0.05, 0) is 18.4 Å². The highest BCUT2D eigenvalue weighted by atomic mass is 32.2. The van der Waals surface area contributed by atoms with E-state index in [1.807, 2.05) is 11.8 Å². The zero-order valence-corrected chi connectivity index (χ0v) is 8.24. The molecule has 0 aromatic carbocycles. The molecule has 0 unspecified atom stereocenters. The zero-order chi connectivity index (χ0) is 9.11. The van der Waals surface area contributed by atoms with Crippen LogP contribution in [-0.2, 0) is 4.74 Å². The average Bonchev–Trinajstić information content (AvgIpc) is 1.90. The van der Waals surface area contributed by atoms with Crippen molar-refractivity contribution in [1.29, 1.82) is 0 Å². The van der Waals surface area contributed by atoms with E-state index in [2.05, 4.69) is 24.3 Å². The quantitative estimate of drug-likeness (QED) is 0.719. The first-order valence-electron chi connectivity index (χ1n) is 3.68. The largest absolute Gasteiger partial charge is 0.450 e. The molecule has 0 fully saturated rings. The van der Waals surface area contributed by atoms with Crippen LogP contribution in [0.15, 0.2) is 0 Å². The highest BCUT2D eigenvalue weighted by Crippen LogP contribution is 1.93. The van der Waals surface area contributed by atoms with Crippen molar-refractivity contribution in [2.75, 3.05) is 18.1 Å². The molecule has 0 bridgehead atoms. The fourth-order valence-electron chi connectivity index (χ4n) is 0.346. The normalized spacial score (nSPS) is 7.91. The Bertz CT molecular complexity index is 86.5. The molecular formula is C7H17NO2S. The highest BCUT2D eigenvalue weighted by molar-refractivity contribution is 7.99. The summed E-state index contributed by atoms with van der Waals surface area (Å²) in [5.41, 5.74) is 4.54. The second-order valence-corrected chi connectivity index (χ2v) is 3.10. The number of rotatable bonds is 3. The van der Waals surface area contributed by atoms with Gasteiger partial charge in [-0.1, -0.05) is 13.8 Å². The van der Waals surface area contributed by atoms with Gasteiger partial charge in [-0.3, -0.25) is 0 Å². The third-order valence-corrected chi connectivity index (χ3v) is 1.51. The number of nitrogens with two attached hydrogens (primary N) is 1. The minimum atomic E-state index is -0.711. The van der Waals surface area contributed by atoms with Crippen molar-refractivity contribution in [1.82, 2.24) is 0 Å². The topological polar surface area (TPSA) is 52.3 Å². The SMILES string of the molecule is CCOC(N)=O.CCSCC. The van der Waals surface area contributed by atoms with E-state index in [4.69, 9.17) is 0 Å². The molecule has 0 aliphatic heterocycles. The van der Waals surface area contributed by atoms with Crippen molar-refractivity contribution >= 4 is 17.9 Å². The smallest absolute Gasteiger partial charge is 0.404 e. The fraction of sp³-hybridized carbons (Fsp3) is 0.857. The van der Waals surface area contributed by atoms with Crippen LogP contribution in [0.25, 0.3) is 0 Å². The first-order valence-corrected chi connectivity index (χ1v) is 4.84. The lowest BCUT2D eigenvalue weighted by Gasteiger charge is -1.89. The summed E-state index contributed by atoms with van der Waals surface area (Å²) in [5.74, 6) is 2.52. The molecule has 0 rings (SSSR count). The standard InChI is InChI=1S/C4H10S.C3H7NO2/c1-3-5-4-2;1-2-6-3(4)5/h3-4H2,1-2H3;2H2,1H3,(H2,4,5). The zero-order valence-electron chi connectivity index (χ0n) is 7.42. The van der Waals surface area contributed by atoms with E-state index in [1.165, 1.54) is 11.5 Å². The van der Waals surface area contributed by atoms with Crippen molar-refractivity contribution < 1.29 is 9.53 Å². The third-order valence-electron chi connectivity index (χ3n) is 0.695. The Morgan fingerprint density at radius 3 is 1.82 bits per heavy atom. The van der Waals surface area contributed by atoms with Gasteiger partial charge in [-0.2, -0.15) is 11.8 Å². The van der Waals surface area contributed by atoms with E-state index in [0.29, 0.717) is 6.61 Å². The average molecular weight is 179 g/mol. The van der Waals surface area contributed by atoms with Crippen molar-refractivity contribution in [3.63, 3.8) is 0 Å². The first-order chi connectivity index (χ1) is 5.18. The molecule has 4 heteroatoms.